The molecule has 158 valence electrons. The number of rotatable bonds is 7. The molecule has 1 fully saturated rings. The van der Waals surface area contributed by atoms with Crippen molar-refractivity contribution in [2.75, 3.05) is 24.2 Å². The number of amides is 1. The number of hydrogen-bond donors (Lipinski definition) is 1. The lowest BCUT2D eigenvalue weighted by Gasteiger charge is -2.20. The average molecular weight is 438 g/mol. The van der Waals surface area contributed by atoms with Crippen LogP contribution in [0.4, 0.5) is 5.69 Å². The molecule has 0 aliphatic carbocycles. The van der Waals surface area contributed by atoms with Crippen LogP contribution in [-0.4, -0.2) is 42.6 Å². The van der Waals surface area contributed by atoms with Gasteiger partial charge in [0.05, 0.1) is 16.3 Å². The van der Waals surface area contributed by atoms with Gasteiger partial charge in [-0.2, -0.15) is 4.31 Å². The van der Waals surface area contributed by atoms with Gasteiger partial charge in [0.2, 0.25) is 15.9 Å². The molecule has 1 aliphatic heterocycles. The van der Waals surface area contributed by atoms with Crippen LogP contribution in [0, 0.1) is 13.8 Å². The van der Waals surface area contributed by atoms with Gasteiger partial charge in [-0.25, -0.2) is 8.42 Å². The fourth-order valence-electron chi connectivity index (χ4n) is 3.32. The molecule has 0 spiro atoms. The van der Waals surface area contributed by atoms with Gasteiger partial charge in [0.1, 0.15) is 5.76 Å². The summed E-state index contributed by atoms with van der Waals surface area (Å²) in [6.07, 6.45) is 3.90. The summed E-state index contributed by atoms with van der Waals surface area (Å²) in [5.74, 6) is 1.48. The molecule has 29 heavy (non-hydrogen) atoms. The van der Waals surface area contributed by atoms with Crippen LogP contribution in [0.3, 0.4) is 0 Å². The Labute approximate surface area is 176 Å². The van der Waals surface area contributed by atoms with E-state index in [-0.39, 0.29) is 16.6 Å². The summed E-state index contributed by atoms with van der Waals surface area (Å²) >= 11 is 1.46. The number of nitrogens with one attached hydrogen (secondary N) is 1. The van der Waals surface area contributed by atoms with Crippen LogP contribution >= 0.6 is 11.8 Å². The van der Waals surface area contributed by atoms with E-state index in [0.717, 1.165) is 42.7 Å². The Hall–Kier alpha value is -1.84. The molecular formula is C20H27N3O4S2. The van der Waals surface area contributed by atoms with Crippen molar-refractivity contribution in [3.05, 3.63) is 41.3 Å². The summed E-state index contributed by atoms with van der Waals surface area (Å²) < 4.78 is 32.6. The molecule has 0 bridgehead atoms. The molecular weight excluding hydrogens is 410 g/mol. The van der Waals surface area contributed by atoms with E-state index in [9.17, 15) is 13.2 Å². The molecule has 0 saturated carbocycles. The third kappa shape index (κ3) is 5.61. The van der Waals surface area contributed by atoms with Crippen LogP contribution in [0.2, 0.25) is 0 Å². The molecule has 1 N–H and O–H groups in total. The summed E-state index contributed by atoms with van der Waals surface area (Å²) in [6, 6.07) is 6.49. The first-order valence-electron chi connectivity index (χ1n) is 9.77. The highest BCUT2D eigenvalue weighted by Gasteiger charge is 2.25. The van der Waals surface area contributed by atoms with E-state index < -0.39 is 10.0 Å². The minimum atomic E-state index is -3.54. The monoisotopic (exact) mass is 437 g/mol. The van der Waals surface area contributed by atoms with Gasteiger partial charge in [-0.1, -0.05) is 24.1 Å². The SMILES string of the molecule is Cc1noc(C)c1CSCC(=O)Nc1cccc(S(=O)(=O)N2CCCCCC2)c1. The molecule has 1 amide bonds. The fraction of sp³-hybridized carbons (Fsp3) is 0.500. The normalized spacial score (nSPS) is 15.8. The Morgan fingerprint density at radius 1 is 1.21 bits per heavy atom. The van der Waals surface area contributed by atoms with Gasteiger partial charge in [0, 0.05) is 30.1 Å². The van der Waals surface area contributed by atoms with Crippen LogP contribution in [0.25, 0.3) is 0 Å². The van der Waals surface area contributed by atoms with Gasteiger partial charge in [-0.3, -0.25) is 4.79 Å². The smallest absolute Gasteiger partial charge is 0.243 e. The van der Waals surface area contributed by atoms with Crippen molar-refractivity contribution in [2.24, 2.45) is 0 Å². The predicted octanol–water partition coefficient (Wildman–Crippen LogP) is 3.73. The zero-order valence-electron chi connectivity index (χ0n) is 16.8. The Bertz CT molecular complexity index is 929. The highest BCUT2D eigenvalue weighted by atomic mass is 32.2. The number of sulfonamides is 1. The number of benzene rings is 1. The quantitative estimate of drug-likeness (QED) is 0.710. The fourth-order valence-corrected chi connectivity index (χ4v) is 5.86. The lowest BCUT2D eigenvalue weighted by molar-refractivity contribution is -0.113. The van der Waals surface area contributed by atoms with Gasteiger partial charge in [-0.15, -0.1) is 11.8 Å². The molecule has 1 saturated heterocycles. The van der Waals surface area contributed by atoms with Gasteiger partial charge in [0.15, 0.2) is 0 Å². The first kappa shape index (κ1) is 21.9. The molecule has 1 aromatic heterocycles. The highest BCUT2D eigenvalue weighted by molar-refractivity contribution is 7.99. The van der Waals surface area contributed by atoms with Crippen molar-refractivity contribution in [2.45, 2.75) is 50.2 Å². The van der Waals surface area contributed by atoms with Gasteiger partial charge in [0.25, 0.3) is 0 Å². The van der Waals surface area contributed by atoms with E-state index in [4.69, 9.17) is 4.52 Å². The van der Waals surface area contributed by atoms with Crippen LogP contribution in [0.15, 0.2) is 33.7 Å². The molecule has 0 unspecified atom stereocenters. The number of thioether (sulfide) groups is 1. The molecule has 3 rings (SSSR count). The number of aryl methyl sites for hydroxylation is 2. The van der Waals surface area contributed by atoms with Gasteiger partial charge < -0.3 is 9.84 Å². The third-order valence-corrected chi connectivity index (χ3v) is 7.84. The summed E-state index contributed by atoms with van der Waals surface area (Å²) in [5, 5.41) is 6.71. The standard InChI is InChI=1S/C20H27N3O4S2/c1-15-19(16(2)27-22-15)13-28-14-20(24)21-17-8-7-9-18(12-17)29(25,26)23-10-5-3-4-6-11-23/h7-9,12H,3-6,10-11,13-14H2,1-2H3,(H,21,24). The second-order valence-corrected chi connectivity index (χ2v) is 10.1. The Kier molecular flexibility index (Phi) is 7.37. The van der Waals surface area contributed by atoms with E-state index in [1.54, 1.807) is 22.5 Å². The number of anilines is 1. The van der Waals surface area contributed by atoms with Crippen molar-refractivity contribution in [3.8, 4) is 0 Å². The number of aromatic nitrogens is 1. The van der Waals surface area contributed by atoms with Crippen molar-refractivity contribution in [1.82, 2.24) is 9.46 Å². The molecule has 0 atom stereocenters. The van der Waals surface area contributed by atoms with E-state index in [2.05, 4.69) is 10.5 Å². The van der Waals surface area contributed by atoms with Crippen molar-refractivity contribution in [3.63, 3.8) is 0 Å². The van der Waals surface area contributed by atoms with Crippen molar-refractivity contribution in [1.29, 1.82) is 0 Å². The summed E-state index contributed by atoms with van der Waals surface area (Å²) in [7, 11) is -3.54. The third-order valence-electron chi connectivity index (χ3n) is 4.98. The topological polar surface area (TPSA) is 92.5 Å². The lowest BCUT2D eigenvalue weighted by atomic mass is 10.2. The van der Waals surface area contributed by atoms with Crippen LogP contribution in [-0.2, 0) is 20.6 Å². The molecule has 7 nitrogen and oxygen atoms in total. The largest absolute Gasteiger partial charge is 0.361 e. The lowest BCUT2D eigenvalue weighted by Crippen LogP contribution is -2.32. The molecule has 0 radical (unpaired) electrons. The van der Waals surface area contributed by atoms with E-state index in [1.807, 2.05) is 13.8 Å². The zero-order valence-corrected chi connectivity index (χ0v) is 18.4. The maximum Gasteiger partial charge on any atom is 0.243 e. The van der Waals surface area contributed by atoms with E-state index >= 15 is 0 Å². The van der Waals surface area contributed by atoms with Crippen LogP contribution in [0.5, 0.6) is 0 Å². The molecule has 2 heterocycles. The van der Waals surface area contributed by atoms with E-state index in [0.29, 0.717) is 24.5 Å². The van der Waals surface area contributed by atoms with Crippen molar-refractivity contribution < 1.29 is 17.7 Å². The van der Waals surface area contributed by atoms with Crippen LogP contribution < -0.4 is 5.32 Å². The van der Waals surface area contributed by atoms with Gasteiger partial charge >= 0.3 is 0 Å². The van der Waals surface area contributed by atoms with Gasteiger partial charge in [-0.05, 0) is 44.9 Å². The van der Waals surface area contributed by atoms with Crippen LogP contribution in [0.1, 0.15) is 42.7 Å². The summed E-state index contributed by atoms with van der Waals surface area (Å²) in [6.45, 7) is 4.84. The number of carbonyl (C=O) groups is 1. The number of nitrogens with zero attached hydrogens (tertiary/aromatic N) is 2. The average Bonchev–Trinajstić information content (AvgIpc) is 2.90. The minimum Gasteiger partial charge on any atom is -0.361 e. The number of carbonyl (C=O) groups excluding carboxylic acids is 1. The Morgan fingerprint density at radius 2 is 1.93 bits per heavy atom. The first-order valence-corrected chi connectivity index (χ1v) is 12.4. The second-order valence-electron chi connectivity index (χ2n) is 7.19. The predicted molar refractivity (Wildman–Crippen MR) is 114 cm³/mol. The molecule has 2 aromatic rings. The number of hydrogen-bond acceptors (Lipinski definition) is 6. The second kappa shape index (κ2) is 9.77. The Morgan fingerprint density at radius 3 is 2.59 bits per heavy atom. The summed E-state index contributed by atoms with van der Waals surface area (Å²) in [4.78, 5) is 12.5. The molecule has 1 aliphatic rings. The highest BCUT2D eigenvalue weighted by Crippen LogP contribution is 2.23. The summed E-state index contributed by atoms with van der Waals surface area (Å²) in [5.41, 5.74) is 2.33. The maximum absolute atomic E-state index is 12.9. The van der Waals surface area contributed by atoms with Crippen molar-refractivity contribution >= 4 is 33.4 Å². The zero-order chi connectivity index (χ0) is 20.9. The molecule has 9 heteroatoms. The Balaban J connectivity index is 1.59. The molecule has 1 aromatic carbocycles. The van der Waals surface area contributed by atoms with E-state index in [1.165, 1.54) is 17.8 Å². The minimum absolute atomic E-state index is 0.175. The first-order chi connectivity index (χ1) is 13.9. The maximum atomic E-state index is 12.9.